The summed E-state index contributed by atoms with van der Waals surface area (Å²) in [6, 6.07) is -0.128. The topological polar surface area (TPSA) is 98.2 Å². The summed E-state index contributed by atoms with van der Waals surface area (Å²) in [6.45, 7) is 3.95. The molecule has 120 valence electrons. The number of hydrogen-bond donors (Lipinski definition) is 1. The van der Waals surface area contributed by atoms with E-state index in [4.69, 9.17) is 5.11 Å². The first kappa shape index (κ1) is 16.0. The maximum Gasteiger partial charge on any atom is 0.320 e. The Hall–Kier alpha value is -1.35. The highest BCUT2D eigenvalue weighted by atomic mass is 32.2. The lowest BCUT2D eigenvalue weighted by Gasteiger charge is -2.44. The van der Waals surface area contributed by atoms with Gasteiger partial charge in [0.1, 0.15) is 0 Å². The molecule has 0 saturated carbocycles. The number of hydrogen-bond acceptors (Lipinski definition) is 4. The third-order valence-corrected chi connectivity index (χ3v) is 5.56. The van der Waals surface area contributed by atoms with Crippen LogP contribution in [-0.2, 0) is 14.8 Å². The van der Waals surface area contributed by atoms with Crippen LogP contribution in [0.5, 0.6) is 0 Å². The van der Waals surface area contributed by atoms with Crippen molar-refractivity contribution >= 4 is 22.0 Å². The van der Waals surface area contributed by atoms with Gasteiger partial charge in [-0.15, -0.1) is 0 Å². The molecule has 0 aromatic rings. The average molecular weight is 319 g/mol. The predicted molar refractivity (Wildman–Crippen MR) is 75.2 cm³/mol. The largest absolute Gasteiger partial charge is 0.481 e. The van der Waals surface area contributed by atoms with Crippen molar-refractivity contribution in [2.75, 3.05) is 45.5 Å². The molecule has 2 fully saturated rings. The van der Waals surface area contributed by atoms with Gasteiger partial charge in [0.15, 0.2) is 0 Å². The van der Waals surface area contributed by atoms with Gasteiger partial charge in [-0.2, -0.15) is 4.31 Å². The second-order valence-corrected chi connectivity index (χ2v) is 7.71. The van der Waals surface area contributed by atoms with Crippen molar-refractivity contribution in [3.63, 3.8) is 0 Å². The fraction of sp³-hybridized carbons (Fsp3) is 0.833. The molecule has 2 aliphatic rings. The number of rotatable bonds is 3. The summed E-state index contributed by atoms with van der Waals surface area (Å²) in [5.41, 5.74) is 0. The summed E-state index contributed by atoms with van der Waals surface area (Å²) in [5, 5.41) is 8.92. The van der Waals surface area contributed by atoms with E-state index in [9.17, 15) is 18.0 Å². The number of carbonyl (C=O) groups is 2. The lowest BCUT2D eigenvalue weighted by molar-refractivity contribution is -0.144. The molecule has 0 aliphatic carbocycles. The standard InChI is InChI=1S/C12H21N3O5S/c1-9(11(16)17)10-7-14(8-10)12(18)13-3-5-15(6-4-13)21(2,19)20/h9-10H,3-8H2,1-2H3,(H,16,17). The van der Waals surface area contributed by atoms with Crippen LogP contribution in [0.3, 0.4) is 0 Å². The zero-order valence-corrected chi connectivity index (χ0v) is 13.0. The minimum atomic E-state index is -3.20. The van der Waals surface area contributed by atoms with E-state index in [-0.39, 0.29) is 11.9 Å². The predicted octanol–water partition coefficient (Wildman–Crippen LogP) is -0.664. The number of sulfonamides is 1. The summed E-state index contributed by atoms with van der Waals surface area (Å²) in [7, 11) is -3.20. The van der Waals surface area contributed by atoms with Gasteiger partial charge in [0, 0.05) is 45.2 Å². The van der Waals surface area contributed by atoms with Crippen LogP contribution in [0.25, 0.3) is 0 Å². The molecular weight excluding hydrogens is 298 g/mol. The van der Waals surface area contributed by atoms with Crippen LogP contribution >= 0.6 is 0 Å². The molecule has 0 bridgehead atoms. The lowest BCUT2D eigenvalue weighted by atomic mass is 9.87. The highest BCUT2D eigenvalue weighted by Gasteiger charge is 2.39. The van der Waals surface area contributed by atoms with E-state index >= 15 is 0 Å². The van der Waals surface area contributed by atoms with Gasteiger partial charge in [-0.3, -0.25) is 4.79 Å². The minimum absolute atomic E-state index is 0.00348. The number of urea groups is 1. The summed E-state index contributed by atoms with van der Waals surface area (Å²) >= 11 is 0. The fourth-order valence-electron chi connectivity index (χ4n) is 2.60. The number of nitrogens with zero attached hydrogens (tertiary/aromatic N) is 3. The first-order valence-corrected chi connectivity index (χ1v) is 8.76. The molecule has 1 N–H and O–H groups in total. The highest BCUT2D eigenvalue weighted by Crippen LogP contribution is 2.25. The smallest absolute Gasteiger partial charge is 0.320 e. The van der Waals surface area contributed by atoms with Crippen LogP contribution in [0.1, 0.15) is 6.92 Å². The maximum atomic E-state index is 12.2. The third kappa shape index (κ3) is 3.46. The van der Waals surface area contributed by atoms with Crippen LogP contribution < -0.4 is 0 Å². The molecule has 2 aliphatic heterocycles. The van der Waals surface area contributed by atoms with Crippen molar-refractivity contribution in [2.45, 2.75) is 6.92 Å². The Morgan fingerprint density at radius 3 is 2.05 bits per heavy atom. The fourth-order valence-corrected chi connectivity index (χ4v) is 3.42. The number of carbonyl (C=O) groups excluding carboxylic acids is 1. The molecule has 0 aromatic heterocycles. The van der Waals surface area contributed by atoms with Crippen LogP contribution in [0.2, 0.25) is 0 Å². The second-order valence-electron chi connectivity index (χ2n) is 5.72. The van der Waals surface area contributed by atoms with Crippen molar-refractivity contribution in [1.29, 1.82) is 0 Å². The van der Waals surface area contributed by atoms with Gasteiger partial charge in [0.25, 0.3) is 0 Å². The molecule has 8 nitrogen and oxygen atoms in total. The van der Waals surface area contributed by atoms with Gasteiger partial charge in [0.2, 0.25) is 10.0 Å². The molecule has 2 rings (SSSR count). The Morgan fingerprint density at radius 1 is 1.10 bits per heavy atom. The molecule has 1 unspecified atom stereocenters. The number of piperazine rings is 1. The van der Waals surface area contributed by atoms with Crippen LogP contribution in [-0.4, -0.2) is 85.2 Å². The van der Waals surface area contributed by atoms with Crippen LogP contribution in [0, 0.1) is 11.8 Å². The highest BCUT2D eigenvalue weighted by molar-refractivity contribution is 7.88. The van der Waals surface area contributed by atoms with E-state index in [0.717, 1.165) is 6.26 Å². The number of aliphatic carboxylic acids is 1. The van der Waals surface area contributed by atoms with Crippen LogP contribution in [0.4, 0.5) is 4.79 Å². The number of carboxylic acids is 1. The molecule has 2 heterocycles. The van der Waals surface area contributed by atoms with Gasteiger partial charge >= 0.3 is 12.0 Å². The zero-order chi connectivity index (χ0) is 15.8. The first-order chi connectivity index (χ1) is 9.70. The summed E-state index contributed by atoms with van der Waals surface area (Å²) in [4.78, 5) is 26.3. The molecule has 9 heteroatoms. The molecule has 2 amide bonds. The molecule has 0 spiro atoms. The summed E-state index contributed by atoms with van der Waals surface area (Å²) < 4.78 is 24.2. The summed E-state index contributed by atoms with van der Waals surface area (Å²) in [5.74, 6) is -1.28. The average Bonchev–Trinajstić information content (AvgIpc) is 2.35. The van der Waals surface area contributed by atoms with E-state index in [1.54, 1.807) is 16.7 Å². The maximum absolute atomic E-state index is 12.2. The van der Waals surface area contributed by atoms with Gasteiger partial charge in [-0.1, -0.05) is 6.92 Å². The number of carboxylic acid groups (broad SMARTS) is 1. The van der Waals surface area contributed by atoms with Gasteiger partial charge in [-0.05, 0) is 0 Å². The van der Waals surface area contributed by atoms with E-state index in [1.165, 1.54) is 4.31 Å². The van der Waals surface area contributed by atoms with E-state index < -0.39 is 21.9 Å². The van der Waals surface area contributed by atoms with Crippen molar-refractivity contribution in [2.24, 2.45) is 11.8 Å². The van der Waals surface area contributed by atoms with Crippen molar-refractivity contribution in [3.05, 3.63) is 0 Å². The monoisotopic (exact) mass is 319 g/mol. The third-order valence-electron chi connectivity index (χ3n) is 4.26. The summed E-state index contributed by atoms with van der Waals surface area (Å²) in [6.07, 6.45) is 1.16. The van der Waals surface area contributed by atoms with Crippen molar-refractivity contribution in [1.82, 2.24) is 14.1 Å². The number of likely N-dealkylation sites (tertiary alicyclic amines) is 1. The molecule has 2 saturated heterocycles. The lowest BCUT2D eigenvalue weighted by Crippen LogP contribution is -2.60. The molecular formula is C12H21N3O5S. The molecule has 0 aromatic carbocycles. The SMILES string of the molecule is CC(C(=O)O)C1CN(C(=O)N2CCN(S(C)(=O)=O)CC2)C1. The Bertz CT molecular complexity index is 521. The van der Waals surface area contributed by atoms with Crippen molar-refractivity contribution in [3.8, 4) is 0 Å². The Labute approximate surface area is 124 Å². The first-order valence-electron chi connectivity index (χ1n) is 6.92. The van der Waals surface area contributed by atoms with E-state index in [1.807, 2.05) is 0 Å². The van der Waals surface area contributed by atoms with Crippen LogP contribution in [0.15, 0.2) is 0 Å². The van der Waals surface area contributed by atoms with E-state index in [2.05, 4.69) is 0 Å². The van der Waals surface area contributed by atoms with Crippen molar-refractivity contribution < 1.29 is 23.1 Å². The van der Waals surface area contributed by atoms with E-state index in [0.29, 0.717) is 39.3 Å². The Morgan fingerprint density at radius 2 is 1.62 bits per heavy atom. The molecule has 1 atom stereocenters. The second kappa shape index (κ2) is 5.80. The van der Waals surface area contributed by atoms with Gasteiger partial charge in [-0.25, -0.2) is 13.2 Å². The number of amides is 2. The normalized spacial score (nSPS) is 22.8. The molecule has 21 heavy (non-hydrogen) atoms. The molecule has 0 radical (unpaired) electrons. The Kier molecular flexibility index (Phi) is 4.43. The van der Waals surface area contributed by atoms with Gasteiger partial charge in [0.05, 0.1) is 12.2 Å². The quantitative estimate of drug-likeness (QED) is 0.744. The van der Waals surface area contributed by atoms with Gasteiger partial charge < -0.3 is 14.9 Å². The Balaban J connectivity index is 1.81. The zero-order valence-electron chi connectivity index (χ0n) is 12.2. The minimum Gasteiger partial charge on any atom is -0.481 e.